The van der Waals surface area contributed by atoms with Crippen molar-refractivity contribution in [3.05, 3.63) is 70.1 Å². The Balaban J connectivity index is 1.69. The summed E-state index contributed by atoms with van der Waals surface area (Å²) in [6.45, 7) is 7.00. The molecule has 2 atom stereocenters. The third-order valence-corrected chi connectivity index (χ3v) is 7.91. The molecule has 1 saturated carbocycles. The first kappa shape index (κ1) is 18.3. The van der Waals surface area contributed by atoms with Gasteiger partial charge in [-0.1, -0.05) is 51.1 Å². The monoisotopic (exact) mass is 388 g/mol. The van der Waals surface area contributed by atoms with Crippen LogP contribution in [0.15, 0.2) is 53.3 Å². The van der Waals surface area contributed by atoms with E-state index in [4.69, 9.17) is 4.74 Å². The minimum absolute atomic E-state index is 0.0480. The van der Waals surface area contributed by atoms with Gasteiger partial charge in [0.05, 0.1) is 18.5 Å². The average molecular weight is 389 g/mol. The summed E-state index contributed by atoms with van der Waals surface area (Å²) in [4.78, 5) is 13.6. The summed E-state index contributed by atoms with van der Waals surface area (Å²) in [5.74, 6) is 1.18. The third-order valence-electron chi connectivity index (χ3n) is 7.91. The van der Waals surface area contributed by atoms with Gasteiger partial charge >= 0.3 is 0 Å². The molecule has 0 radical (unpaired) electrons. The fourth-order valence-corrected chi connectivity index (χ4v) is 6.00. The van der Waals surface area contributed by atoms with Gasteiger partial charge in [0.2, 0.25) is 0 Å². The Morgan fingerprint density at radius 1 is 1.07 bits per heavy atom. The fraction of sp³-hybridized carbons (Fsp3) is 0.400. The molecule has 29 heavy (non-hydrogen) atoms. The Kier molecular flexibility index (Phi) is 3.71. The zero-order valence-electron chi connectivity index (χ0n) is 17.8. The molecule has 5 rings (SSSR count). The van der Waals surface area contributed by atoms with Crippen molar-refractivity contribution >= 4 is 0 Å². The van der Waals surface area contributed by atoms with Gasteiger partial charge in [-0.25, -0.2) is 4.68 Å². The van der Waals surface area contributed by atoms with Gasteiger partial charge in [0.25, 0.3) is 5.56 Å². The molecule has 150 valence electrons. The Labute approximate surface area is 171 Å². The lowest BCUT2D eigenvalue weighted by Crippen LogP contribution is -2.35. The van der Waals surface area contributed by atoms with Crippen LogP contribution in [0.1, 0.15) is 50.8 Å². The minimum atomic E-state index is 0.0480. The number of methoxy groups -OCH3 is 1. The summed E-state index contributed by atoms with van der Waals surface area (Å²) in [6, 6.07) is 16.2. The van der Waals surface area contributed by atoms with Gasteiger partial charge in [-0.05, 0) is 47.9 Å². The Morgan fingerprint density at radius 3 is 2.55 bits per heavy atom. The van der Waals surface area contributed by atoms with Crippen LogP contribution in [0.3, 0.4) is 0 Å². The molecule has 2 aliphatic rings. The number of nitrogens with zero attached hydrogens (tertiary/aromatic N) is 2. The first-order valence-corrected chi connectivity index (χ1v) is 10.4. The lowest BCUT2D eigenvalue weighted by atomic mass is 9.70. The smallest absolute Gasteiger partial charge is 0.275 e. The van der Waals surface area contributed by atoms with Crippen molar-refractivity contribution in [3.63, 3.8) is 0 Å². The molecule has 0 saturated heterocycles. The second kappa shape index (κ2) is 5.88. The number of aromatic nitrogens is 2. The van der Waals surface area contributed by atoms with Crippen molar-refractivity contribution in [2.75, 3.05) is 7.11 Å². The van der Waals surface area contributed by atoms with Crippen LogP contribution in [0.5, 0.6) is 5.75 Å². The van der Waals surface area contributed by atoms with E-state index in [0.717, 1.165) is 41.0 Å². The van der Waals surface area contributed by atoms with Crippen molar-refractivity contribution in [2.24, 2.45) is 12.5 Å². The highest BCUT2D eigenvalue weighted by Crippen LogP contribution is 2.66. The maximum absolute atomic E-state index is 13.6. The van der Waals surface area contributed by atoms with Gasteiger partial charge in [0.1, 0.15) is 5.75 Å². The van der Waals surface area contributed by atoms with Gasteiger partial charge in [-0.3, -0.25) is 9.48 Å². The van der Waals surface area contributed by atoms with Crippen LogP contribution >= 0.6 is 0 Å². The number of hydrogen-bond acceptors (Lipinski definition) is 2. The molecule has 4 heteroatoms. The van der Waals surface area contributed by atoms with Crippen molar-refractivity contribution in [3.8, 4) is 22.6 Å². The topological polar surface area (TPSA) is 36.2 Å². The van der Waals surface area contributed by atoms with Gasteiger partial charge in [0, 0.05) is 23.6 Å². The van der Waals surface area contributed by atoms with E-state index in [1.165, 1.54) is 5.69 Å². The van der Waals surface area contributed by atoms with Crippen LogP contribution in [0.4, 0.5) is 0 Å². The van der Waals surface area contributed by atoms with E-state index in [0.29, 0.717) is 5.92 Å². The van der Waals surface area contributed by atoms with E-state index >= 15 is 0 Å². The molecular formula is C25H28N2O2. The van der Waals surface area contributed by atoms with Crippen molar-refractivity contribution < 1.29 is 4.74 Å². The number of rotatable bonds is 3. The van der Waals surface area contributed by atoms with Gasteiger partial charge < -0.3 is 4.74 Å². The van der Waals surface area contributed by atoms with E-state index in [1.807, 2.05) is 42.1 Å². The van der Waals surface area contributed by atoms with Crippen LogP contribution in [0, 0.1) is 5.41 Å². The van der Waals surface area contributed by atoms with Gasteiger partial charge in [-0.15, -0.1) is 0 Å². The van der Waals surface area contributed by atoms with Crippen LogP contribution in [-0.4, -0.2) is 16.5 Å². The first-order chi connectivity index (χ1) is 13.8. The van der Waals surface area contributed by atoms with Crippen LogP contribution in [-0.2, 0) is 12.5 Å². The van der Waals surface area contributed by atoms with Crippen LogP contribution in [0.25, 0.3) is 16.8 Å². The van der Waals surface area contributed by atoms with Crippen molar-refractivity contribution in [1.29, 1.82) is 0 Å². The first-order valence-electron chi connectivity index (χ1n) is 10.4. The summed E-state index contributed by atoms with van der Waals surface area (Å²) in [5, 5.41) is 0. The Bertz CT molecular complexity index is 1180. The minimum Gasteiger partial charge on any atom is -0.496 e. The quantitative estimate of drug-likeness (QED) is 0.631. The number of ether oxygens (including phenoxy) is 1. The molecule has 3 aromatic rings. The second-order valence-corrected chi connectivity index (χ2v) is 9.30. The summed E-state index contributed by atoms with van der Waals surface area (Å²) in [6.07, 6.45) is 2.26. The molecular weight excluding hydrogens is 360 g/mol. The van der Waals surface area contributed by atoms with Crippen LogP contribution < -0.4 is 10.3 Å². The maximum Gasteiger partial charge on any atom is 0.275 e. The van der Waals surface area contributed by atoms with Crippen LogP contribution in [0.2, 0.25) is 0 Å². The summed E-state index contributed by atoms with van der Waals surface area (Å²) in [5.41, 5.74) is 5.56. The molecule has 0 spiro atoms. The lowest BCUT2D eigenvalue weighted by Gasteiger charge is -2.36. The summed E-state index contributed by atoms with van der Waals surface area (Å²) < 4.78 is 9.51. The maximum atomic E-state index is 13.6. The zero-order chi connectivity index (χ0) is 20.6. The highest BCUT2D eigenvalue weighted by molar-refractivity contribution is 5.72. The number of para-hydroxylation sites is 1. The molecule has 2 bridgehead atoms. The zero-order valence-corrected chi connectivity index (χ0v) is 17.8. The highest BCUT2D eigenvalue weighted by Gasteiger charge is 2.62. The second-order valence-electron chi connectivity index (χ2n) is 9.30. The van der Waals surface area contributed by atoms with Crippen molar-refractivity contribution in [1.82, 2.24) is 9.36 Å². The average Bonchev–Trinajstić information content (AvgIpc) is 3.19. The number of fused-ring (bicyclic) bond motifs is 5. The molecule has 1 aromatic heterocycles. The summed E-state index contributed by atoms with van der Waals surface area (Å²) >= 11 is 0. The Morgan fingerprint density at radius 2 is 1.83 bits per heavy atom. The molecule has 1 unspecified atom stereocenters. The number of hydrogen-bond donors (Lipinski definition) is 0. The fourth-order valence-electron chi connectivity index (χ4n) is 6.00. The van der Waals surface area contributed by atoms with Gasteiger partial charge in [-0.2, -0.15) is 0 Å². The van der Waals surface area contributed by atoms with E-state index in [-0.39, 0.29) is 16.4 Å². The van der Waals surface area contributed by atoms with E-state index in [2.05, 4.69) is 43.7 Å². The van der Waals surface area contributed by atoms with E-state index < -0.39 is 0 Å². The molecule has 2 aliphatic carbocycles. The van der Waals surface area contributed by atoms with E-state index in [1.54, 1.807) is 7.11 Å². The lowest BCUT2D eigenvalue weighted by molar-refractivity contribution is 0.218. The molecule has 4 nitrogen and oxygen atoms in total. The van der Waals surface area contributed by atoms with E-state index in [9.17, 15) is 4.79 Å². The largest absolute Gasteiger partial charge is 0.496 e. The predicted molar refractivity (Wildman–Crippen MR) is 116 cm³/mol. The SMILES string of the molecule is COc1ccccc1-c1cccc(-n2c(=O)c3c(n2C)[C@]2(C)CCC3C2(C)C)c1. The van der Waals surface area contributed by atoms with Crippen molar-refractivity contribution in [2.45, 2.75) is 44.9 Å². The van der Waals surface area contributed by atoms with Gasteiger partial charge in [0.15, 0.2) is 0 Å². The normalized spacial score (nSPS) is 24.0. The standard InChI is InChI=1S/C25H28N2O2/c1-24(2)19-13-14-25(24,3)22-21(19)23(28)27(26(22)4)17-10-8-9-16(15-17)18-11-6-7-12-20(18)29-5/h6-12,15,19H,13-14H2,1-5H3/t19?,25-/m0/s1. The number of benzene rings is 2. The molecule has 0 amide bonds. The predicted octanol–water partition coefficient (Wildman–Crippen LogP) is 5.03. The molecule has 2 aromatic carbocycles. The summed E-state index contributed by atoms with van der Waals surface area (Å²) in [7, 11) is 3.73. The molecule has 0 N–H and O–H groups in total. The molecule has 0 aliphatic heterocycles. The molecule has 1 heterocycles. The third kappa shape index (κ3) is 2.17. The highest BCUT2D eigenvalue weighted by atomic mass is 16.5. The Hall–Kier alpha value is -2.75. The molecule has 1 fully saturated rings.